The molecule has 2 fully saturated rings. The van der Waals surface area contributed by atoms with Crippen LogP contribution in [-0.4, -0.2) is 53.4 Å². The first kappa shape index (κ1) is 18.7. The van der Waals surface area contributed by atoms with Crippen LogP contribution < -0.4 is 4.74 Å². The summed E-state index contributed by atoms with van der Waals surface area (Å²) in [6.45, 7) is 8.12. The van der Waals surface area contributed by atoms with Crippen LogP contribution in [0.2, 0.25) is 0 Å². The van der Waals surface area contributed by atoms with Gasteiger partial charge < -0.3 is 14.5 Å². The zero-order chi connectivity index (χ0) is 18.7. The SMILES string of the molecule is CCOc1ccc(CCCC(=O)N2C[C@H]3CCCN3C(=O)[C@H]2C)cc1C. The molecule has 2 amide bonds. The summed E-state index contributed by atoms with van der Waals surface area (Å²) in [6, 6.07) is 6.14. The van der Waals surface area contributed by atoms with Crippen molar-refractivity contribution in [2.75, 3.05) is 19.7 Å². The van der Waals surface area contributed by atoms with E-state index in [4.69, 9.17) is 4.74 Å². The molecule has 0 aromatic heterocycles. The molecule has 2 saturated heterocycles. The monoisotopic (exact) mass is 358 g/mol. The van der Waals surface area contributed by atoms with Gasteiger partial charge in [-0.05, 0) is 63.6 Å². The number of hydrogen-bond acceptors (Lipinski definition) is 3. The summed E-state index contributed by atoms with van der Waals surface area (Å²) in [5, 5.41) is 0. The minimum Gasteiger partial charge on any atom is -0.494 e. The summed E-state index contributed by atoms with van der Waals surface area (Å²) < 4.78 is 5.57. The molecule has 1 aromatic rings. The smallest absolute Gasteiger partial charge is 0.245 e. The Kier molecular flexibility index (Phi) is 5.84. The van der Waals surface area contributed by atoms with E-state index >= 15 is 0 Å². The number of nitrogens with zero attached hydrogens (tertiary/aromatic N) is 2. The predicted octanol–water partition coefficient (Wildman–Crippen LogP) is 2.94. The van der Waals surface area contributed by atoms with Crippen molar-refractivity contribution in [1.82, 2.24) is 9.80 Å². The second-order valence-corrected chi connectivity index (χ2v) is 7.44. The first-order valence-electron chi connectivity index (χ1n) is 9.83. The van der Waals surface area contributed by atoms with Gasteiger partial charge in [-0.25, -0.2) is 0 Å². The van der Waals surface area contributed by atoms with Gasteiger partial charge in [0.2, 0.25) is 11.8 Å². The largest absolute Gasteiger partial charge is 0.494 e. The highest BCUT2D eigenvalue weighted by Gasteiger charge is 2.41. The number of carbonyl (C=O) groups excluding carboxylic acids is 2. The molecule has 3 rings (SSSR count). The molecule has 5 nitrogen and oxygen atoms in total. The zero-order valence-corrected chi connectivity index (χ0v) is 16.2. The molecule has 0 N–H and O–H groups in total. The maximum Gasteiger partial charge on any atom is 0.245 e. The molecule has 0 spiro atoms. The van der Waals surface area contributed by atoms with E-state index < -0.39 is 0 Å². The van der Waals surface area contributed by atoms with E-state index in [2.05, 4.69) is 12.1 Å². The van der Waals surface area contributed by atoms with E-state index in [9.17, 15) is 9.59 Å². The first-order valence-corrected chi connectivity index (χ1v) is 9.83. The molecule has 0 aliphatic carbocycles. The summed E-state index contributed by atoms with van der Waals surface area (Å²) in [7, 11) is 0. The lowest BCUT2D eigenvalue weighted by atomic mass is 10.0. The molecule has 0 radical (unpaired) electrons. The van der Waals surface area contributed by atoms with Crippen molar-refractivity contribution in [2.45, 2.75) is 65.0 Å². The van der Waals surface area contributed by atoms with E-state index in [-0.39, 0.29) is 23.9 Å². The zero-order valence-electron chi connectivity index (χ0n) is 16.2. The molecular weight excluding hydrogens is 328 g/mol. The van der Waals surface area contributed by atoms with Gasteiger partial charge in [0.1, 0.15) is 11.8 Å². The molecule has 2 heterocycles. The third-order valence-corrected chi connectivity index (χ3v) is 5.61. The topological polar surface area (TPSA) is 49.9 Å². The van der Waals surface area contributed by atoms with E-state index in [0.717, 1.165) is 43.5 Å². The predicted molar refractivity (Wildman–Crippen MR) is 101 cm³/mol. The summed E-state index contributed by atoms with van der Waals surface area (Å²) in [5.74, 6) is 1.16. The molecular formula is C21H30N2O3. The maximum atomic E-state index is 12.7. The summed E-state index contributed by atoms with van der Waals surface area (Å²) in [6.07, 6.45) is 4.25. The van der Waals surface area contributed by atoms with Gasteiger partial charge in [0.25, 0.3) is 0 Å². The van der Waals surface area contributed by atoms with Crippen LogP contribution in [-0.2, 0) is 16.0 Å². The van der Waals surface area contributed by atoms with Crippen molar-refractivity contribution in [3.8, 4) is 5.75 Å². The quantitative estimate of drug-likeness (QED) is 0.786. The number of rotatable bonds is 6. The molecule has 142 valence electrons. The highest BCUT2D eigenvalue weighted by Crippen LogP contribution is 2.26. The second-order valence-electron chi connectivity index (χ2n) is 7.44. The molecule has 0 bridgehead atoms. The van der Waals surface area contributed by atoms with Crippen LogP contribution in [0.25, 0.3) is 0 Å². The van der Waals surface area contributed by atoms with Crippen molar-refractivity contribution in [3.63, 3.8) is 0 Å². The fourth-order valence-corrected chi connectivity index (χ4v) is 4.16. The van der Waals surface area contributed by atoms with Gasteiger partial charge in [0.15, 0.2) is 0 Å². The Morgan fingerprint density at radius 1 is 1.35 bits per heavy atom. The number of aryl methyl sites for hydroxylation is 2. The third kappa shape index (κ3) is 3.87. The van der Waals surface area contributed by atoms with Crippen LogP contribution in [0.3, 0.4) is 0 Å². The standard InChI is InChI=1S/C21H30N2O3/c1-4-26-19-11-10-17(13-15(19)2)7-5-9-20(24)23-14-18-8-6-12-22(18)21(25)16(23)3/h10-11,13,16,18H,4-9,12,14H2,1-3H3/t16-,18-/m1/s1. The van der Waals surface area contributed by atoms with Gasteiger partial charge in [-0.1, -0.05) is 12.1 Å². The van der Waals surface area contributed by atoms with E-state index in [1.54, 1.807) is 4.90 Å². The Morgan fingerprint density at radius 3 is 2.88 bits per heavy atom. The van der Waals surface area contributed by atoms with Crippen molar-refractivity contribution in [3.05, 3.63) is 29.3 Å². The van der Waals surface area contributed by atoms with Gasteiger partial charge in [-0.15, -0.1) is 0 Å². The van der Waals surface area contributed by atoms with Gasteiger partial charge >= 0.3 is 0 Å². The Hall–Kier alpha value is -2.04. The van der Waals surface area contributed by atoms with Crippen LogP contribution in [0.15, 0.2) is 18.2 Å². The van der Waals surface area contributed by atoms with Crippen molar-refractivity contribution in [2.24, 2.45) is 0 Å². The lowest BCUT2D eigenvalue weighted by Crippen LogP contribution is -2.60. The van der Waals surface area contributed by atoms with Gasteiger partial charge in [-0.3, -0.25) is 9.59 Å². The molecule has 2 aliphatic heterocycles. The van der Waals surface area contributed by atoms with Crippen molar-refractivity contribution in [1.29, 1.82) is 0 Å². The first-order chi connectivity index (χ1) is 12.5. The number of benzene rings is 1. The Balaban J connectivity index is 1.52. The number of hydrogen-bond donors (Lipinski definition) is 0. The Labute approximate surface area is 156 Å². The number of carbonyl (C=O) groups is 2. The molecule has 5 heteroatoms. The van der Waals surface area contributed by atoms with Crippen LogP contribution in [0, 0.1) is 6.92 Å². The van der Waals surface area contributed by atoms with Crippen molar-refractivity contribution >= 4 is 11.8 Å². The number of piperazine rings is 1. The normalized spacial score (nSPS) is 22.5. The minimum atomic E-state index is -0.315. The lowest BCUT2D eigenvalue weighted by Gasteiger charge is -2.41. The molecule has 26 heavy (non-hydrogen) atoms. The lowest BCUT2D eigenvalue weighted by molar-refractivity contribution is -0.152. The Morgan fingerprint density at radius 2 is 2.15 bits per heavy atom. The molecule has 0 saturated carbocycles. The number of amides is 2. The number of ether oxygens (including phenoxy) is 1. The fraction of sp³-hybridized carbons (Fsp3) is 0.619. The number of fused-ring (bicyclic) bond motifs is 1. The highest BCUT2D eigenvalue weighted by molar-refractivity contribution is 5.89. The summed E-state index contributed by atoms with van der Waals surface area (Å²) in [4.78, 5) is 28.9. The molecule has 1 aromatic carbocycles. The average molecular weight is 358 g/mol. The molecule has 2 aliphatic rings. The van der Waals surface area contributed by atoms with Crippen LogP contribution in [0.5, 0.6) is 5.75 Å². The van der Waals surface area contributed by atoms with E-state index in [1.165, 1.54) is 5.56 Å². The van der Waals surface area contributed by atoms with E-state index in [0.29, 0.717) is 19.6 Å². The molecule has 2 atom stereocenters. The van der Waals surface area contributed by atoms with Crippen LogP contribution >= 0.6 is 0 Å². The van der Waals surface area contributed by atoms with Crippen LogP contribution in [0.4, 0.5) is 0 Å². The fourth-order valence-electron chi connectivity index (χ4n) is 4.16. The third-order valence-electron chi connectivity index (χ3n) is 5.61. The highest BCUT2D eigenvalue weighted by atomic mass is 16.5. The van der Waals surface area contributed by atoms with E-state index in [1.807, 2.05) is 31.7 Å². The Bertz CT molecular complexity index is 673. The van der Waals surface area contributed by atoms with Gasteiger partial charge in [-0.2, -0.15) is 0 Å². The second kappa shape index (κ2) is 8.11. The molecule has 0 unspecified atom stereocenters. The summed E-state index contributed by atoms with van der Waals surface area (Å²) in [5.41, 5.74) is 2.36. The van der Waals surface area contributed by atoms with Crippen molar-refractivity contribution < 1.29 is 14.3 Å². The summed E-state index contributed by atoms with van der Waals surface area (Å²) >= 11 is 0. The minimum absolute atomic E-state index is 0.111. The maximum absolute atomic E-state index is 12.7. The van der Waals surface area contributed by atoms with Gasteiger partial charge in [0, 0.05) is 25.6 Å². The average Bonchev–Trinajstić information content (AvgIpc) is 3.09. The van der Waals surface area contributed by atoms with Crippen LogP contribution in [0.1, 0.15) is 50.7 Å². The van der Waals surface area contributed by atoms with Gasteiger partial charge in [0.05, 0.1) is 6.61 Å².